The third-order valence-corrected chi connectivity index (χ3v) is 3.18. The molecular formula is C12H14N2OS. The minimum absolute atomic E-state index is 0.00934. The molecule has 2 N–H and O–H groups in total. The maximum absolute atomic E-state index is 10.7. The summed E-state index contributed by atoms with van der Waals surface area (Å²) in [6, 6.07) is 8.41. The van der Waals surface area contributed by atoms with Gasteiger partial charge in [-0.2, -0.15) is 0 Å². The van der Waals surface area contributed by atoms with Gasteiger partial charge in [-0.25, -0.2) is 0 Å². The molecule has 16 heavy (non-hydrogen) atoms. The predicted octanol–water partition coefficient (Wildman–Crippen LogP) is 2.45. The predicted molar refractivity (Wildman–Crippen MR) is 69.0 cm³/mol. The van der Waals surface area contributed by atoms with Crippen molar-refractivity contribution in [1.82, 2.24) is 5.32 Å². The van der Waals surface area contributed by atoms with Gasteiger partial charge in [-0.15, -0.1) is 11.3 Å². The quantitative estimate of drug-likeness (QED) is 0.798. The molecule has 2 aromatic rings. The van der Waals surface area contributed by atoms with Gasteiger partial charge < -0.3 is 10.6 Å². The summed E-state index contributed by atoms with van der Waals surface area (Å²) in [7, 11) is 0. The van der Waals surface area contributed by atoms with E-state index >= 15 is 0 Å². The van der Waals surface area contributed by atoms with Gasteiger partial charge in [0.25, 0.3) is 0 Å². The third-order valence-electron chi connectivity index (χ3n) is 2.28. The topological polar surface area (TPSA) is 41.1 Å². The molecule has 0 saturated carbocycles. The second-order valence-corrected chi connectivity index (χ2v) is 4.53. The van der Waals surface area contributed by atoms with Crippen molar-refractivity contribution in [2.45, 2.75) is 6.92 Å². The summed E-state index contributed by atoms with van der Waals surface area (Å²) in [5, 5.41) is 9.37. The van der Waals surface area contributed by atoms with Crippen molar-refractivity contribution in [3.05, 3.63) is 29.6 Å². The first-order chi connectivity index (χ1) is 7.75. The Hall–Kier alpha value is -1.55. The van der Waals surface area contributed by atoms with E-state index in [1.54, 1.807) is 11.3 Å². The second kappa shape index (κ2) is 4.99. The zero-order valence-electron chi connectivity index (χ0n) is 9.12. The number of rotatable bonds is 4. The summed E-state index contributed by atoms with van der Waals surface area (Å²) >= 11 is 1.74. The lowest BCUT2D eigenvalue weighted by Crippen LogP contribution is -2.26. The van der Waals surface area contributed by atoms with Crippen LogP contribution in [0.1, 0.15) is 6.92 Å². The van der Waals surface area contributed by atoms with Crippen LogP contribution >= 0.6 is 11.3 Å². The summed E-state index contributed by atoms with van der Waals surface area (Å²) in [6.07, 6.45) is 0. The molecule has 1 aromatic heterocycles. The van der Waals surface area contributed by atoms with Crippen molar-refractivity contribution in [3.63, 3.8) is 0 Å². The molecule has 0 saturated heterocycles. The zero-order chi connectivity index (χ0) is 11.4. The molecule has 2 rings (SSSR count). The number of benzene rings is 1. The van der Waals surface area contributed by atoms with Crippen molar-refractivity contribution in [2.75, 3.05) is 18.4 Å². The van der Waals surface area contributed by atoms with Crippen LogP contribution in [0.2, 0.25) is 0 Å². The van der Waals surface area contributed by atoms with Crippen molar-refractivity contribution >= 4 is 33.0 Å². The SMILES string of the molecule is CC(=O)NCCNc1ccc2sccc2c1. The van der Waals surface area contributed by atoms with Gasteiger partial charge in [0.05, 0.1) is 0 Å². The van der Waals surface area contributed by atoms with Crippen LogP contribution in [0.15, 0.2) is 29.6 Å². The molecule has 1 heterocycles. The Bertz CT molecular complexity index is 492. The number of hydrogen-bond donors (Lipinski definition) is 2. The Morgan fingerprint density at radius 2 is 2.19 bits per heavy atom. The van der Waals surface area contributed by atoms with Crippen molar-refractivity contribution in [2.24, 2.45) is 0 Å². The molecule has 0 fully saturated rings. The van der Waals surface area contributed by atoms with E-state index < -0.39 is 0 Å². The van der Waals surface area contributed by atoms with Crippen LogP contribution in [-0.4, -0.2) is 19.0 Å². The molecular weight excluding hydrogens is 220 g/mol. The van der Waals surface area contributed by atoms with Gasteiger partial charge in [-0.1, -0.05) is 0 Å². The van der Waals surface area contributed by atoms with Crippen LogP contribution in [-0.2, 0) is 4.79 Å². The molecule has 0 radical (unpaired) electrons. The fourth-order valence-electron chi connectivity index (χ4n) is 1.52. The fraction of sp³-hybridized carbons (Fsp3) is 0.250. The van der Waals surface area contributed by atoms with E-state index in [0.29, 0.717) is 6.54 Å². The third kappa shape index (κ3) is 2.73. The summed E-state index contributed by atoms with van der Waals surface area (Å²) in [5.74, 6) is 0.00934. The normalized spacial score (nSPS) is 10.3. The average molecular weight is 234 g/mol. The monoisotopic (exact) mass is 234 g/mol. The van der Waals surface area contributed by atoms with E-state index in [9.17, 15) is 4.79 Å². The summed E-state index contributed by atoms with van der Waals surface area (Å²) in [4.78, 5) is 10.7. The van der Waals surface area contributed by atoms with Gasteiger partial charge in [0.1, 0.15) is 0 Å². The minimum Gasteiger partial charge on any atom is -0.383 e. The first-order valence-corrected chi connectivity index (χ1v) is 6.09. The highest BCUT2D eigenvalue weighted by molar-refractivity contribution is 7.17. The molecule has 1 aromatic carbocycles. The minimum atomic E-state index is 0.00934. The Morgan fingerprint density at radius 3 is 3.00 bits per heavy atom. The molecule has 4 heteroatoms. The molecule has 0 aliphatic carbocycles. The van der Waals surface area contributed by atoms with Gasteiger partial charge in [0.2, 0.25) is 5.91 Å². The molecule has 0 spiro atoms. The highest BCUT2D eigenvalue weighted by Gasteiger charge is 1.97. The molecule has 3 nitrogen and oxygen atoms in total. The van der Waals surface area contributed by atoms with Crippen LogP contribution in [0.25, 0.3) is 10.1 Å². The molecule has 84 valence electrons. The molecule has 0 atom stereocenters. The number of amides is 1. The van der Waals surface area contributed by atoms with Gasteiger partial charge in [-0.3, -0.25) is 4.79 Å². The van der Waals surface area contributed by atoms with Crippen molar-refractivity contribution < 1.29 is 4.79 Å². The highest BCUT2D eigenvalue weighted by atomic mass is 32.1. The Balaban J connectivity index is 1.91. The average Bonchev–Trinajstić information content (AvgIpc) is 2.71. The summed E-state index contributed by atoms with van der Waals surface area (Å²) in [6.45, 7) is 2.92. The van der Waals surface area contributed by atoms with Gasteiger partial charge in [0, 0.05) is 30.4 Å². The highest BCUT2D eigenvalue weighted by Crippen LogP contribution is 2.23. The fourth-order valence-corrected chi connectivity index (χ4v) is 2.29. The Labute approximate surface area is 98.5 Å². The number of nitrogens with one attached hydrogen (secondary N) is 2. The van der Waals surface area contributed by atoms with Crippen LogP contribution in [0.5, 0.6) is 0 Å². The first-order valence-electron chi connectivity index (χ1n) is 5.21. The lowest BCUT2D eigenvalue weighted by molar-refractivity contribution is -0.118. The van der Waals surface area contributed by atoms with E-state index in [0.717, 1.165) is 12.2 Å². The van der Waals surface area contributed by atoms with Gasteiger partial charge in [0.15, 0.2) is 0 Å². The smallest absolute Gasteiger partial charge is 0.216 e. The van der Waals surface area contributed by atoms with E-state index in [1.165, 1.54) is 17.0 Å². The number of fused-ring (bicyclic) bond motifs is 1. The lowest BCUT2D eigenvalue weighted by atomic mass is 10.2. The van der Waals surface area contributed by atoms with Gasteiger partial charge in [-0.05, 0) is 35.0 Å². The Kier molecular flexibility index (Phi) is 3.41. The van der Waals surface area contributed by atoms with E-state index in [1.807, 2.05) is 0 Å². The Morgan fingerprint density at radius 1 is 1.31 bits per heavy atom. The molecule has 0 unspecified atom stereocenters. The molecule has 0 aliphatic heterocycles. The largest absolute Gasteiger partial charge is 0.383 e. The van der Waals surface area contributed by atoms with E-state index in [2.05, 4.69) is 40.3 Å². The first kappa shape index (κ1) is 11.0. The maximum Gasteiger partial charge on any atom is 0.216 e. The number of thiophene rings is 1. The number of carbonyl (C=O) groups is 1. The van der Waals surface area contributed by atoms with Crippen LogP contribution < -0.4 is 10.6 Å². The number of anilines is 1. The van der Waals surface area contributed by atoms with Crippen molar-refractivity contribution in [1.29, 1.82) is 0 Å². The van der Waals surface area contributed by atoms with Crippen molar-refractivity contribution in [3.8, 4) is 0 Å². The molecule has 0 aliphatic rings. The number of hydrogen-bond acceptors (Lipinski definition) is 3. The molecule has 1 amide bonds. The van der Waals surface area contributed by atoms with E-state index in [-0.39, 0.29) is 5.91 Å². The molecule has 0 bridgehead atoms. The number of carbonyl (C=O) groups excluding carboxylic acids is 1. The maximum atomic E-state index is 10.7. The standard InChI is InChI=1S/C12H14N2OS/c1-9(15)13-5-6-14-11-2-3-12-10(8-11)4-7-16-12/h2-4,7-8,14H,5-6H2,1H3,(H,13,15). The van der Waals surface area contributed by atoms with E-state index in [4.69, 9.17) is 0 Å². The van der Waals surface area contributed by atoms with Crippen LogP contribution in [0.4, 0.5) is 5.69 Å². The lowest BCUT2D eigenvalue weighted by Gasteiger charge is -2.06. The summed E-state index contributed by atoms with van der Waals surface area (Å²) in [5.41, 5.74) is 1.09. The van der Waals surface area contributed by atoms with Gasteiger partial charge >= 0.3 is 0 Å². The second-order valence-electron chi connectivity index (χ2n) is 3.58. The zero-order valence-corrected chi connectivity index (χ0v) is 9.93. The summed E-state index contributed by atoms with van der Waals surface area (Å²) < 4.78 is 1.30. The van der Waals surface area contributed by atoms with Crippen LogP contribution in [0.3, 0.4) is 0 Å². The van der Waals surface area contributed by atoms with Crippen LogP contribution in [0, 0.1) is 0 Å².